The van der Waals surface area contributed by atoms with Crippen LogP contribution < -0.4 is 5.32 Å². The number of ether oxygens (including phenoxy) is 1. The number of amides is 2. The van der Waals surface area contributed by atoms with Gasteiger partial charge in [0.15, 0.2) is 0 Å². The quantitative estimate of drug-likeness (QED) is 0.939. The van der Waals surface area contributed by atoms with Crippen molar-refractivity contribution in [1.82, 2.24) is 15.2 Å². The van der Waals surface area contributed by atoms with E-state index in [9.17, 15) is 4.79 Å². The zero-order valence-corrected chi connectivity index (χ0v) is 13.8. The first-order valence-electron chi connectivity index (χ1n) is 8.33. The van der Waals surface area contributed by atoms with Crippen LogP contribution in [0.2, 0.25) is 0 Å². The Morgan fingerprint density at radius 2 is 2.26 bits per heavy atom. The minimum Gasteiger partial charge on any atom is -0.376 e. The number of hydrogen-bond donors (Lipinski definition) is 1. The second-order valence-corrected chi connectivity index (χ2v) is 7.25. The Morgan fingerprint density at radius 1 is 1.35 bits per heavy atom. The number of fused-ring (bicyclic) bond motifs is 1. The molecule has 2 saturated heterocycles. The molecule has 0 radical (unpaired) electrons. The molecule has 0 unspecified atom stereocenters. The van der Waals surface area contributed by atoms with E-state index in [0.29, 0.717) is 6.54 Å². The van der Waals surface area contributed by atoms with Crippen molar-refractivity contribution in [3.8, 4) is 0 Å². The predicted octanol–water partition coefficient (Wildman–Crippen LogP) is 3.32. The van der Waals surface area contributed by atoms with E-state index >= 15 is 0 Å². The highest BCUT2D eigenvalue weighted by Gasteiger charge is 2.32. The molecule has 2 aliphatic rings. The highest BCUT2D eigenvalue weighted by atomic mass is 32.1. The maximum absolute atomic E-state index is 12.5. The average molecular weight is 331 g/mol. The molecule has 0 bridgehead atoms. The van der Waals surface area contributed by atoms with E-state index in [1.165, 1.54) is 4.70 Å². The fourth-order valence-corrected chi connectivity index (χ4v) is 4.52. The van der Waals surface area contributed by atoms with Crippen LogP contribution in [0.1, 0.15) is 36.7 Å². The first-order chi connectivity index (χ1) is 11.3. The lowest BCUT2D eigenvalue weighted by Crippen LogP contribution is -2.42. The summed E-state index contributed by atoms with van der Waals surface area (Å²) in [7, 11) is 0. The molecule has 2 aliphatic heterocycles. The summed E-state index contributed by atoms with van der Waals surface area (Å²) >= 11 is 1.70. The lowest BCUT2D eigenvalue weighted by atomic mass is 10.2. The smallest absolute Gasteiger partial charge is 0.318 e. The van der Waals surface area contributed by atoms with E-state index in [4.69, 9.17) is 9.72 Å². The summed E-state index contributed by atoms with van der Waals surface area (Å²) in [6.07, 6.45) is 4.35. The second kappa shape index (κ2) is 6.45. The third kappa shape index (κ3) is 3.05. The summed E-state index contributed by atoms with van der Waals surface area (Å²) in [5.41, 5.74) is 1.03. The SMILES string of the molecule is O=C(NC[C@@H]1CCCO1)N1CCC[C@H]1c1nc2ccccc2s1. The highest BCUT2D eigenvalue weighted by Crippen LogP contribution is 2.36. The van der Waals surface area contributed by atoms with Crippen molar-refractivity contribution in [2.45, 2.75) is 37.8 Å². The van der Waals surface area contributed by atoms with Gasteiger partial charge >= 0.3 is 6.03 Å². The first kappa shape index (κ1) is 14.9. The van der Waals surface area contributed by atoms with E-state index in [2.05, 4.69) is 11.4 Å². The van der Waals surface area contributed by atoms with E-state index in [-0.39, 0.29) is 18.2 Å². The van der Waals surface area contributed by atoms with E-state index < -0.39 is 0 Å². The molecule has 2 amide bonds. The number of rotatable bonds is 3. The molecule has 1 aromatic heterocycles. The van der Waals surface area contributed by atoms with Gasteiger partial charge < -0.3 is 15.0 Å². The number of para-hydroxylation sites is 1. The van der Waals surface area contributed by atoms with Crippen molar-refractivity contribution in [1.29, 1.82) is 0 Å². The summed E-state index contributed by atoms with van der Waals surface area (Å²) in [4.78, 5) is 19.2. The first-order valence-corrected chi connectivity index (χ1v) is 9.14. The van der Waals surface area contributed by atoms with Gasteiger partial charge in [-0.25, -0.2) is 9.78 Å². The molecule has 0 spiro atoms. The average Bonchev–Trinajstić information content (AvgIpc) is 3.31. The molecule has 2 fully saturated rings. The Hall–Kier alpha value is -1.66. The van der Waals surface area contributed by atoms with Crippen LogP contribution in [-0.2, 0) is 4.74 Å². The van der Waals surface area contributed by atoms with Gasteiger partial charge in [-0.1, -0.05) is 12.1 Å². The summed E-state index contributed by atoms with van der Waals surface area (Å²) in [6.45, 7) is 2.23. The van der Waals surface area contributed by atoms with Crippen molar-refractivity contribution >= 4 is 27.6 Å². The van der Waals surface area contributed by atoms with Crippen LogP contribution in [0.4, 0.5) is 4.79 Å². The minimum absolute atomic E-state index is 0.0160. The van der Waals surface area contributed by atoms with Crippen molar-refractivity contribution in [3.63, 3.8) is 0 Å². The molecular weight excluding hydrogens is 310 g/mol. The fourth-order valence-electron chi connectivity index (χ4n) is 3.41. The topological polar surface area (TPSA) is 54.5 Å². The van der Waals surface area contributed by atoms with Gasteiger partial charge in [0.25, 0.3) is 0 Å². The van der Waals surface area contributed by atoms with Gasteiger partial charge in [0, 0.05) is 19.7 Å². The molecule has 23 heavy (non-hydrogen) atoms. The van der Waals surface area contributed by atoms with Crippen molar-refractivity contribution < 1.29 is 9.53 Å². The minimum atomic E-state index is 0.0160. The standard InChI is InChI=1S/C17H21N3O2S/c21-17(18-11-12-5-4-10-22-12)20-9-3-7-14(20)16-19-13-6-1-2-8-15(13)23-16/h1-2,6,8,12,14H,3-5,7,9-11H2,(H,18,21)/t12-,14-/m0/s1. The van der Waals surface area contributed by atoms with Crippen molar-refractivity contribution in [3.05, 3.63) is 29.3 Å². The normalized spacial score (nSPS) is 24.4. The van der Waals surface area contributed by atoms with Crippen LogP contribution >= 0.6 is 11.3 Å². The Kier molecular flexibility index (Phi) is 4.18. The highest BCUT2D eigenvalue weighted by molar-refractivity contribution is 7.18. The van der Waals surface area contributed by atoms with Crippen LogP contribution in [0.5, 0.6) is 0 Å². The van der Waals surface area contributed by atoms with Gasteiger partial charge in [-0.3, -0.25) is 0 Å². The number of carbonyl (C=O) groups excluding carboxylic acids is 1. The number of nitrogens with zero attached hydrogens (tertiary/aromatic N) is 2. The number of aromatic nitrogens is 1. The van der Waals surface area contributed by atoms with Crippen molar-refractivity contribution in [2.75, 3.05) is 19.7 Å². The van der Waals surface area contributed by atoms with Gasteiger partial charge in [0.05, 0.1) is 22.4 Å². The summed E-state index contributed by atoms with van der Waals surface area (Å²) in [5, 5.41) is 4.09. The zero-order chi connectivity index (χ0) is 15.6. The molecule has 6 heteroatoms. The Labute approximate surface area is 139 Å². The van der Waals surface area contributed by atoms with Crippen LogP contribution in [0.3, 0.4) is 0 Å². The molecule has 0 saturated carbocycles. The molecule has 1 aromatic carbocycles. The molecule has 0 aliphatic carbocycles. The lowest BCUT2D eigenvalue weighted by Gasteiger charge is -2.24. The van der Waals surface area contributed by atoms with Gasteiger partial charge in [0.1, 0.15) is 5.01 Å². The molecule has 3 heterocycles. The third-order valence-corrected chi connectivity index (χ3v) is 5.75. The zero-order valence-electron chi connectivity index (χ0n) is 13.0. The number of nitrogens with one attached hydrogen (secondary N) is 1. The maximum atomic E-state index is 12.5. The molecule has 2 atom stereocenters. The van der Waals surface area contributed by atoms with E-state index in [1.54, 1.807) is 11.3 Å². The summed E-state index contributed by atoms with van der Waals surface area (Å²) in [6, 6.07) is 8.29. The molecule has 2 aromatic rings. The lowest BCUT2D eigenvalue weighted by molar-refractivity contribution is 0.108. The third-order valence-electron chi connectivity index (χ3n) is 4.61. The maximum Gasteiger partial charge on any atom is 0.318 e. The Morgan fingerprint density at radius 3 is 3.09 bits per heavy atom. The molecule has 4 rings (SSSR count). The number of hydrogen-bond acceptors (Lipinski definition) is 4. The number of thiazole rings is 1. The monoisotopic (exact) mass is 331 g/mol. The number of benzene rings is 1. The molecule has 1 N–H and O–H groups in total. The number of urea groups is 1. The molecule has 122 valence electrons. The van der Waals surface area contributed by atoms with Crippen LogP contribution in [0.15, 0.2) is 24.3 Å². The fraction of sp³-hybridized carbons (Fsp3) is 0.529. The van der Waals surface area contributed by atoms with Gasteiger partial charge in [-0.2, -0.15) is 0 Å². The van der Waals surface area contributed by atoms with Crippen LogP contribution in [0.25, 0.3) is 10.2 Å². The summed E-state index contributed by atoms with van der Waals surface area (Å²) < 4.78 is 6.76. The van der Waals surface area contributed by atoms with Crippen LogP contribution in [0, 0.1) is 0 Å². The summed E-state index contributed by atoms with van der Waals surface area (Å²) in [5.74, 6) is 0. The Balaban J connectivity index is 1.46. The van der Waals surface area contributed by atoms with Crippen LogP contribution in [-0.4, -0.2) is 41.7 Å². The number of carbonyl (C=O) groups is 1. The van der Waals surface area contributed by atoms with E-state index in [0.717, 1.165) is 49.4 Å². The van der Waals surface area contributed by atoms with Gasteiger partial charge in [-0.05, 0) is 37.8 Å². The Bertz CT molecular complexity index is 663. The van der Waals surface area contributed by atoms with Gasteiger partial charge in [0.2, 0.25) is 0 Å². The molecular formula is C17H21N3O2S. The van der Waals surface area contributed by atoms with Crippen molar-refractivity contribution in [2.24, 2.45) is 0 Å². The number of likely N-dealkylation sites (tertiary alicyclic amines) is 1. The van der Waals surface area contributed by atoms with Gasteiger partial charge in [-0.15, -0.1) is 11.3 Å². The second-order valence-electron chi connectivity index (χ2n) is 6.19. The molecule has 5 nitrogen and oxygen atoms in total. The predicted molar refractivity (Wildman–Crippen MR) is 90.7 cm³/mol. The largest absolute Gasteiger partial charge is 0.376 e. The van der Waals surface area contributed by atoms with E-state index in [1.807, 2.05) is 23.1 Å².